The maximum absolute atomic E-state index is 12.1. The number of benzene rings is 1. The zero-order valence-electron chi connectivity index (χ0n) is 12.8. The number of rotatable bonds is 6. The lowest BCUT2D eigenvalue weighted by Gasteiger charge is -2.18. The molecule has 0 amide bonds. The lowest BCUT2D eigenvalue weighted by atomic mass is 10.1. The van der Waals surface area contributed by atoms with Crippen molar-refractivity contribution in [1.29, 1.82) is 0 Å². The molecule has 1 rings (SSSR count). The Bertz CT molecular complexity index is 595. The van der Waals surface area contributed by atoms with Crippen LogP contribution in [0.3, 0.4) is 0 Å². The van der Waals surface area contributed by atoms with Gasteiger partial charge in [0, 0.05) is 25.6 Å². The van der Waals surface area contributed by atoms with Gasteiger partial charge in [0.25, 0.3) is 0 Å². The summed E-state index contributed by atoms with van der Waals surface area (Å²) < 4.78 is 25.5. The first kappa shape index (κ1) is 17.7. The van der Waals surface area contributed by atoms with Gasteiger partial charge in [-0.25, -0.2) is 12.7 Å². The molecule has 1 aromatic rings. The van der Waals surface area contributed by atoms with E-state index in [-0.39, 0.29) is 18.3 Å². The number of aliphatic hydroxyl groups excluding tert-OH is 1. The van der Waals surface area contributed by atoms with Gasteiger partial charge < -0.3 is 5.11 Å². The molecule has 0 aromatic heterocycles. The molecule has 0 aliphatic heterocycles. The van der Waals surface area contributed by atoms with E-state index in [1.807, 2.05) is 38.1 Å². The van der Waals surface area contributed by atoms with Gasteiger partial charge in [-0.3, -0.25) is 0 Å². The van der Waals surface area contributed by atoms with Crippen molar-refractivity contribution >= 4 is 10.0 Å². The van der Waals surface area contributed by atoms with Crippen molar-refractivity contribution in [3.05, 3.63) is 35.4 Å². The number of nitrogens with zero attached hydrogens (tertiary/aromatic N) is 1. The van der Waals surface area contributed by atoms with Gasteiger partial charge in [0.15, 0.2) is 0 Å². The number of hydrogen-bond acceptors (Lipinski definition) is 3. The summed E-state index contributed by atoms with van der Waals surface area (Å²) in [6.07, 6.45) is 0.456. The van der Waals surface area contributed by atoms with E-state index < -0.39 is 10.0 Å². The van der Waals surface area contributed by atoms with Crippen molar-refractivity contribution < 1.29 is 13.5 Å². The standard InChI is InChI=1S/C16H23NO3S/c1-14(2)13-21(19,20)17(3)12-16-9-7-15(8-10-16)6-4-5-11-18/h7-10,14,18H,5,11-13H2,1-3H3. The molecule has 0 saturated carbocycles. The van der Waals surface area contributed by atoms with Crippen molar-refractivity contribution in [2.75, 3.05) is 19.4 Å². The smallest absolute Gasteiger partial charge is 0.214 e. The van der Waals surface area contributed by atoms with Gasteiger partial charge in [0.05, 0.1) is 12.4 Å². The van der Waals surface area contributed by atoms with Crippen LogP contribution in [0.5, 0.6) is 0 Å². The third-order valence-corrected chi connectivity index (χ3v) is 5.01. The molecule has 0 aliphatic rings. The fourth-order valence-corrected chi connectivity index (χ4v) is 3.26. The highest BCUT2D eigenvalue weighted by Crippen LogP contribution is 2.11. The minimum Gasteiger partial charge on any atom is -0.395 e. The molecular formula is C16H23NO3S. The largest absolute Gasteiger partial charge is 0.395 e. The van der Waals surface area contributed by atoms with Gasteiger partial charge in [-0.2, -0.15) is 0 Å². The van der Waals surface area contributed by atoms with Crippen molar-refractivity contribution in [2.24, 2.45) is 5.92 Å². The number of hydrogen-bond donors (Lipinski definition) is 1. The Morgan fingerprint density at radius 2 is 1.86 bits per heavy atom. The Balaban J connectivity index is 2.70. The number of sulfonamides is 1. The zero-order chi connectivity index (χ0) is 15.9. The quantitative estimate of drug-likeness (QED) is 0.816. The van der Waals surface area contributed by atoms with E-state index in [1.54, 1.807) is 7.05 Å². The van der Waals surface area contributed by atoms with Crippen LogP contribution in [-0.2, 0) is 16.6 Å². The maximum Gasteiger partial charge on any atom is 0.214 e. The lowest BCUT2D eigenvalue weighted by molar-refractivity contribution is 0.305. The minimum atomic E-state index is -3.21. The molecule has 0 atom stereocenters. The van der Waals surface area contributed by atoms with Crippen LogP contribution >= 0.6 is 0 Å². The normalized spacial score (nSPS) is 11.5. The van der Waals surface area contributed by atoms with Gasteiger partial charge in [-0.15, -0.1) is 0 Å². The van der Waals surface area contributed by atoms with E-state index in [0.717, 1.165) is 11.1 Å². The van der Waals surface area contributed by atoms with E-state index in [1.165, 1.54) is 4.31 Å². The molecule has 1 aromatic carbocycles. The third kappa shape index (κ3) is 6.30. The van der Waals surface area contributed by atoms with Crippen molar-refractivity contribution in [2.45, 2.75) is 26.8 Å². The Labute approximate surface area is 127 Å². The van der Waals surface area contributed by atoms with E-state index in [2.05, 4.69) is 11.8 Å². The van der Waals surface area contributed by atoms with Crippen LogP contribution in [0, 0.1) is 17.8 Å². The van der Waals surface area contributed by atoms with Crippen LogP contribution in [0.4, 0.5) is 0 Å². The van der Waals surface area contributed by atoms with Crippen LogP contribution in [-0.4, -0.2) is 37.2 Å². The first-order valence-corrected chi connectivity index (χ1v) is 8.58. The number of aliphatic hydroxyl groups is 1. The average Bonchev–Trinajstić information content (AvgIpc) is 2.39. The molecule has 21 heavy (non-hydrogen) atoms. The molecule has 0 heterocycles. The highest BCUT2D eigenvalue weighted by Gasteiger charge is 2.19. The second-order valence-electron chi connectivity index (χ2n) is 5.40. The summed E-state index contributed by atoms with van der Waals surface area (Å²) in [6.45, 7) is 4.21. The first-order valence-electron chi connectivity index (χ1n) is 6.98. The summed E-state index contributed by atoms with van der Waals surface area (Å²) in [5, 5.41) is 8.66. The summed E-state index contributed by atoms with van der Waals surface area (Å²) in [6, 6.07) is 7.49. The molecule has 0 aliphatic carbocycles. The molecular weight excluding hydrogens is 286 g/mol. The van der Waals surface area contributed by atoms with E-state index in [4.69, 9.17) is 5.11 Å². The summed E-state index contributed by atoms with van der Waals surface area (Å²) in [5.74, 6) is 6.07. The molecule has 0 fully saturated rings. The maximum atomic E-state index is 12.1. The topological polar surface area (TPSA) is 57.6 Å². The Hall–Kier alpha value is -1.35. The van der Waals surface area contributed by atoms with Crippen LogP contribution in [0.15, 0.2) is 24.3 Å². The predicted molar refractivity (Wildman–Crippen MR) is 85.1 cm³/mol. The lowest BCUT2D eigenvalue weighted by Crippen LogP contribution is -2.30. The van der Waals surface area contributed by atoms with Crippen molar-refractivity contribution in [3.63, 3.8) is 0 Å². The zero-order valence-corrected chi connectivity index (χ0v) is 13.7. The highest BCUT2D eigenvalue weighted by molar-refractivity contribution is 7.89. The van der Waals surface area contributed by atoms with E-state index in [0.29, 0.717) is 13.0 Å². The van der Waals surface area contributed by atoms with Gasteiger partial charge >= 0.3 is 0 Å². The third-order valence-electron chi connectivity index (χ3n) is 2.85. The molecule has 5 heteroatoms. The van der Waals surface area contributed by atoms with Crippen molar-refractivity contribution in [3.8, 4) is 11.8 Å². The average molecular weight is 309 g/mol. The Morgan fingerprint density at radius 1 is 1.24 bits per heavy atom. The van der Waals surface area contributed by atoms with Crippen LogP contribution in [0.1, 0.15) is 31.4 Å². The molecule has 4 nitrogen and oxygen atoms in total. The summed E-state index contributed by atoms with van der Waals surface area (Å²) >= 11 is 0. The predicted octanol–water partition coefficient (Wildman–Crippen LogP) is 1.84. The molecule has 1 N–H and O–H groups in total. The molecule has 116 valence electrons. The Kier molecular flexibility index (Phi) is 6.90. The highest BCUT2D eigenvalue weighted by atomic mass is 32.2. The van der Waals surface area contributed by atoms with Crippen LogP contribution in [0.2, 0.25) is 0 Å². The minimum absolute atomic E-state index is 0.0591. The fraction of sp³-hybridized carbons (Fsp3) is 0.500. The summed E-state index contributed by atoms with van der Waals surface area (Å²) in [4.78, 5) is 0. The molecule has 0 unspecified atom stereocenters. The Morgan fingerprint density at radius 3 is 2.38 bits per heavy atom. The van der Waals surface area contributed by atoms with Crippen molar-refractivity contribution in [1.82, 2.24) is 4.31 Å². The van der Waals surface area contributed by atoms with Gasteiger partial charge in [-0.1, -0.05) is 37.8 Å². The van der Waals surface area contributed by atoms with Crippen LogP contribution in [0.25, 0.3) is 0 Å². The monoisotopic (exact) mass is 309 g/mol. The SMILES string of the molecule is CC(C)CS(=O)(=O)N(C)Cc1ccc(C#CCCO)cc1. The molecule has 0 saturated heterocycles. The second kappa shape index (κ2) is 8.18. The first-order chi connectivity index (χ1) is 9.85. The van der Waals surface area contributed by atoms with E-state index in [9.17, 15) is 8.42 Å². The van der Waals surface area contributed by atoms with E-state index >= 15 is 0 Å². The second-order valence-corrected chi connectivity index (χ2v) is 7.52. The van der Waals surface area contributed by atoms with Gasteiger partial charge in [0.2, 0.25) is 10.0 Å². The fourth-order valence-electron chi connectivity index (χ4n) is 1.82. The van der Waals surface area contributed by atoms with Crippen LogP contribution < -0.4 is 0 Å². The summed E-state index contributed by atoms with van der Waals surface area (Å²) in [7, 11) is -1.60. The van der Waals surface area contributed by atoms with Gasteiger partial charge in [-0.05, 0) is 23.6 Å². The molecule has 0 bridgehead atoms. The van der Waals surface area contributed by atoms with Gasteiger partial charge in [0.1, 0.15) is 0 Å². The molecule has 0 spiro atoms. The molecule has 0 radical (unpaired) electrons. The summed E-state index contributed by atoms with van der Waals surface area (Å²) in [5.41, 5.74) is 1.79.